The Morgan fingerprint density at radius 1 is 1.28 bits per heavy atom. The zero-order valence-corrected chi connectivity index (χ0v) is 14.8. The van der Waals surface area contributed by atoms with E-state index >= 15 is 0 Å². The van der Waals surface area contributed by atoms with Crippen molar-refractivity contribution in [3.8, 4) is 5.75 Å². The summed E-state index contributed by atoms with van der Waals surface area (Å²) >= 11 is 1.16. The van der Waals surface area contributed by atoms with E-state index in [1.165, 1.54) is 6.21 Å². The van der Waals surface area contributed by atoms with Gasteiger partial charge in [-0.3, -0.25) is 9.59 Å². The monoisotopic (exact) mass is 361 g/mol. The second-order valence-electron chi connectivity index (χ2n) is 5.01. The Balaban J connectivity index is 1.85. The molecule has 0 radical (unpaired) electrons. The summed E-state index contributed by atoms with van der Waals surface area (Å²) in [5.41, 5.74) is 3.18. The molecule has 9 heteroatoms. The first-order valence-electron chi connectivity index (χ1n) is 7.69. The number of nitrogens with one attached hydrogen (secondary N) is 2. The lowest BCUT2D eigenvalue weighted by Crippen LogP contribution is -2.19. The van der Waals surface area contributed by atoms with Crippen molar-refractivity contribution in [3.63, 3.8) is 0 Å². The number of anilines is 1. The molecule has 0 saturated heterocycles. The minimum absolute atomic E-state index is 0.0323. The molecule has 2 N–H and O–H groups in total. The zero-order chi connectivity index (χ0) is 18.1. The van der Waals surface area contributed by atoms with Gasteiger partial charge in [0.1, 0.15) is 10.8 Å². The lowest BCUT2D eigenvalue weighted by atomic mass is 10.2. The Morgan fingerprint density at radius 2 is 2.08 bits per heavy atom. The number of carbonyl (C=O) groups is 2. The minimum atomic E-state index is -0.325. The molecule has 1 heterocycles. The summed E-state index contributed by atoms with van der Waals surface area (Å²) < 4.78 is 5.20. The van der Waals surface area contributed by atoms with Crippen molar-refractivity contribution in [2.75, 3.05) is 12.4 Å². The van der Waals surface area contributed by atoms with Crippen LogP contribution in [0.3, 0.4) is 0 Å². The average molecular weight is 361 g/mol. The highest BCUT2D eigenvalue weighted by Crippen LogP contribution is 2.16. The Hall–Kier alpha value is -2.81. The number of hydrogen-bond acceptors (Lipinski definition) is 7. The van der Waals surface area contributed by atoms with E-state index in [9.17, 15) is 9.59 Å². The van der Waals surface area contributed by atoms with Crippen LogP contribution in [0.5, 0.6) is 5.75 Å². The number of nitrogens with zero attached hydrogens (tertiary/aromatic N) is 3. The second-order valence-corrected chi connectivity index (χ2v) is 6.07. The van der Waals surface area contributed by atoms with Gasteiger partial charge in [-0.15, -0.1) is 10.2 Å². The van der Waals surface area contributed by atoms with E-state index in [0.29, 0.717) is 22.3 Å². The summed E-state index contributed by atoms with van der Waals surface area (Å²) in [5.74, 6) is 0.224. The van der Waals surface area contributed by atoms with Gasteiger partial charge < -0.3 is 10.1 Å². The maximum absolute atomic E-state index is 11.9. The zero-order valence-electron chi connectivity index (χ0n) is 14.0. The van der Waals surface area contributed by atoms with Gasteiger partial charge in [0.2, 0.25) is 16.9 Å². The van der Waals surface area contributed by atoms with E-state index < -0.39 is 0 Å². The summed E-state index contributed by atoms with van der Waals surface area (Å²) in [5, 5.41) is 15.2. The fourth-order valence-corrected chi connectivity index (χ4v) is 2.66. The van der Waals surface area contributed by atoms with Gasteiger partial charge in [-0.2, -0.15) is 5.10 Å². The van der Waals surface area contributed by atoms with Crippen molar-refractivity contribution in [1.82, 2.24) is 15.6 Å². The van der Waals surface area contributed by atoms with Gasteiger partial charge in [0.05, 0.1) is 19.7 Å². The molecule has 0 fully saturated rings. The fourth-order valence-electron chi connectivity index (χ4n) is 1.91. The Morgan fingerprint density at radius 3 is 2.84 bits per heavy atom. The van der Waals surface area contributed by atoms with E-state index in [1.807, 2.05) is 25.1 Å². The predicted octanol–water partition coefficient (Wildman–Crippen LogP) is 1.98. The van der Waals surface area contributed by atoms with E-state index in [-0.39, 0.29) is 18.2 Å². The molecule has 0 bridgehead atoms. The van der Waals surface area contributed by atoms with Gasteiger partial charge in [0.25, 0.3) is 0 Å². The Labute approximate surface area is 149 Å². The number of carbonyl (C=O) groups excluding carboxylic acids is 2. The first-order chi connectivity index (χ1) is 12.1. The van der Waals surface area contributed by atoms with Crippen LogP contribution in [0.15, 0.2) is 29.4 Å². The van der Waals surface area contributed by atoms with E-state index in [2.05, 4.69) is 26.0 Å². The Bertz CT molecular complexity index is 760. The topological polar surface area (TPSA) is 106 Å². The second kappa shape index (κ2) is 9.48. The van der Waals surface area contributed by atoms with Crippen LogP contribution in [-0.2, 0) is 16.0 Å². The summed E-state index contributed by atoms with van der Waals surface area (Å²) in [6, 6.07) is 7.33. The van der Waals surface area contributed by atoms with E-state index in [4.69, 9.17) is 4.74 Å². The SMILES string of the molecule is CCCC(=O)Nc1nnc(CC(=O)N/N=C/c2ccccc2OC)s1. The summed E-state index contributed by atoms with van der Waals surface area (Å²) in [6.45, 7) is 1.92. The Kier molecular flexibility index (Phi) is 7.02. The molecule has 0 aliphatic carbocycles. The molecule has 25 heavy (non-hydrogen) atoms. The number of amides is 2. The number of para-hydroxylation sites is 1. The van der Waals surface area contributed by atoms with Crippen molar-refractivity contribution in [2.24, 2.45) is 5.10 Å². The standard InChI is InChI=1S/C16H19N5O3S/c1-3-6-13(22)18-16-21-20-15(25-16)9-14(23)19-17-10-11-7-4-5-8-12(11)24-2/h4-5,7-8,10H,3,6,9H2,1-2H3,(H,19,23)(H,18,21,22)/b17-10+. The highest BCUT2D eigenvalue weighted by Gasteiger charge is 2.10. The highest BCUT2D eigenvalue weighted by molar-refractivity contribution is 7.15. The average Bonchev–Trinajstić information content (AvgIpc) is 3.02. The van der Waals surface area contributed by atoms with Gasteiger partial charge in [0.15, 0.2) is 0 Å². The van der Waals surface area contributed by atoms with Crippen molar-refractivity contribution in [2.45, 2.75) is 26.2 Å². The van der Waals surface area contributed by atoms with E-state index in [1.54, 1.807) is 13.2 Å². The number of ether oxygens (including phenoxy) is 1. The van der Waals surface area contributed by atoms with Crippen LogP contribution in [0.2, 0.25) is 0 Å². The number of benzene rings is 1. The molecule has 0 aliphatic heterocycles. The molecule has 0 unspecified atom stereocenters. The third kappa shape index (κ3) is 5.96. The van der Waals surface area contributed by atoms with Crippen LogP contribution in [-0.4, -0.2) is 35.3 Å². The van der Waals surface area contributed by atoms with Gasteiger partial charge >= 0.3 is 0 Å². The van der Waals surface area contributed by atoms with Gasteiger partial charge in [-0.05, 0) is 18.6 Å². The lowest BCUT2D eigenvalue weighted by Gasteiger charge is -2.02. The molecule has 1 aromatic heterocycles. The van der Waals surface area contributed by atoms with Crippen molar-refractivity contribution in [3.05, 3.63) is 34.8 Å². The molecule has 1 aromatic carbocycles. The van der Waals surface area contributed by atoms with Crippen molar-refractivity contribution in [1.29, 1.82) is 0 Å². The largest absolute Gasteiger partial charge is 0.496 e. The summed E-state index contributed by atoms with van der Waals surface area (Å²) in [4.78, 5) is 23.4. The smallest absolute Gasteiger partial charge is 0.247 e. The van der Waals surface area contributed by atoms with Crippen LogP contribution >= 0.6 is 11.3 Å². The van der Waals surface area contributed by atoms with E-state index in [0.717, 1.165) is 23.3 Å². The summed E-state index contributed by atoms with van der Waals surface area (Å²) in [7, 11) is 1.57. The third-order valence-corrected chi connectivity index (χ3v) is 3.87. The molecule has 0 atom stereocenters. The lowest BCUT2D eigenvalue weighted by molar-refractivity contribution is -0.120. The van der Waals surface area contributed by atoms with Gasteiger partial charge in [-0.25, -0.2) is 5.43 Å². The fraction of sp³-hybridized carbons (Fsp3) is 0.312. The molecule has 132 valence electrons. The molecule has 0 aliphatic rings. The molecular weight excluding hydrogens is 342 g/mol. The first-order valence-corrected chi connectivity index (χ1v) is 8.51. The molecular formula is C16H19N5O3S. The highest BCUT2D eigenvalue weighted by atomic mass is 32.1. The first kappa shape index (κ1) is 18.5. The van der Waals surface area contributed by atoms with Crippen LogP contribution in [0.25, 0.3) is 0 Å². The normalized spacial score (nSPS) is 10.6. The number of hydrazone groups is 1. The molecule has 2 amide bonds. The quantitative estimate of drug-likeness (QED) is 0.552. The van der Waals surface area contributed by atoms with Crippen LogP contribution in [0.4, 0.5) is 5.13 Å². The number of methoxy groups -OCH3 is 1. The minimum Gasteiger partial charge on any atom is -0.496 e. The van der Waals surface area contributed by atoms with Crippen LogP contribution in [0.1, 0.15) is 30.3 Å². The molecule has 0 saturated carbocycles. The number of aromatic nitrogens is 2. The van der Waals surface area contributed by atoms with Gasteiger partial charge in [0, 0.05) is 12.0 Å². The number of rotatable bonds is 8. The molecule has 2 rings (SSSR count). The summed E-state index contributed by atoms with van der Waals surface area (Å²) in [6.07, 6.45) is 2.72. The third-order valence-electron chi connectivity index (χ3n) is 3.03. The maximum Gasteiger partial charge on any atom is 0.247 e. The molecule has 8 nitrogen and oxygen atoms in total. The van der Waals surface area contributed by atoms with Crippen LogP contribution < -0.4 is 15.5 Å². The predicted molar refractivity (Wildman–Crippen MR) is 95.9 cm³/mol. The van der Waals surface area contributed by atoms with Gasteiger partial charge in [-0.1, -0.05) is 30.4 Å². The molecule has 2 aromatic rings. The van der Waals surface area contributed by atoms with Crippen LogP contribution in [0, 0.1) is 0 Å². The maximum atomic E-state index is 11.9. The molecule has 0 spiro atoms. The van der Waals surface area contributed by atoms with Crippen molar-refractivity contribution < 1.29 is 14.3 Å². The number of hydrogen-bond donors (Lipinski definition) is 2. The van der Waals surface area contributed by atoms with Crippen molar-refractivity contribution >= 4 is 34.5 Å².